The minimum absolute atomic E-state index is 0.177. The molecule has 1 aromatic rings. The number of rotatable bonds is 4. The molecule has 0 radical (unpaired) electrons. The van der Waals surface area contributed by atoms with Gasteiger partial charge in [-0.15, -0.1) is 0 Å². The smallest absolute Gasteiger partial charge is 0.379 e. The van der Waals surface area contributed by atoms with Crippen molar-refractivity contribution in [1.29, 1.82) is 0 Å². The Kier molecular flexibility index (Phi) is 4.64. The molecule has 0 aliphatic rings. The van der Waals surface area contributed by atoms with Crippen LogP contribution in [0, 0.1) is 0 Å². The lowest BCUT2D eigenvalue weighted by Crippen LogP contribution is -2.24. The maximum Gasteiger partial charge on any atom is 0.437 e. The average molecular weight is 267 g/mol. The van der Waals surface area contributed by atoms with E-state index < -0.39 is 28.9 Å². The van der Waals surface area contributed by atoms with Crippen LogP contribution in [-0.2, 0) is 15.9 Å². The molecule has 4 nitrogen and oxygen atoms in total. The topological polar surface area (TPSA) is 58.9 Å². The Balaban J connectivity index is 2.93. The van der Waals surface area contributed by atoms with Gasteiger partial charge in [0.15, 0.2) is 16.8 Å². The summed E-state index contributed by atoms with van der Waals surface area (Å²) in [6, 6.07) is 6.82. The van der Waals surface area contributed by atoms with Crippen molar-refractivity contribution in [1.82, 2.24) is 0 Å². The summed E-state index contributed by atoms with van der Waals surface area (Å²) in [5.74, 6) is -0.813. The zero-order valence-electron chi connectivity index (χ0n) is 8.35. The number of hydrogen-bond acceptors (Lipinski definition) is 3. The fourth-order valence-electron chi connectivity index (χ4n) is 1.00. The van der Waals surface area contributed by atoms with E-state index in [1.54, 1.807) is 6.07 Å². The number of halogens is 3. The van der Waals surface area contributed by atoms with E-state index in [4.69, 9.17) is 4.55 Å². The molecule has 1 atom stereocenters. The summed E-state index contributed by atoms with van der Waals surface area (Å²) < 4.78 is 56.3. The molecule has 94 valence electrons. The molecule has 0 amide bonds. The maximum atomic E-state index is 12.6. The molecule has 0 heterocycles. The van der Waals surface area contributed by atoms with Crippen LogP contribution in [0.4, 0.5) is 13.2 Å². The lowest BCUT2D eigenvalue weighted by molar-refractivity contribution is -0.0610. The molecule has 1 unspecified atom stereocenters. The van der Waals surface area contributed by atoms with E-state index in [9.17, 15) is 17.4 Å². The first-order valence-electron chi connectivity index (χ1n) is 4.31. The van der Waals surface area contributed by atoms with Gasteiger partial charge in [0, 0.05) is 5.56 Å². The van der Waals surface area contributed by atoms with E-state index in [0.29, 0.717) is 0 Å². The molecule has 1 aromatic carbocycles. The van der Waals surface area contributed by atoms with E-state index in [-0.39, 0.29) is 5.56 Å². The van der Waals surface area contributed by atoms with Crippen LogP contribution in [0.5, 0.6) is 0 Å². The maximum absolute atomic E-state index is 12.6. The second-order valence-corrected chi connectivity index (χ2v) is 3.75. The number of nitrogens with zero attached hydrogens (tertiary/aromatic N) is 1. The molecule has 0 fully saturated rings. The minimum atomic E-state index is -4.70. The Morgan fingerprint density at radius 2 is 1.94 bits per heavy atom. The molecular weight excluding hydrogens is 259 g/mol. The van der Waals surface area contributed by atoms with Gasteiger partial charge in [-0.1, -0.05) is 35.5 Å². The highest BCUT2D eigenvalue weighted by atomic mass is 32.2. The summed E-state index contributed by atoms with van der Waals surface area (Å²) in [5, 5.41) is 2.84. The van der Waals surface area contributed by atoms with Gasteiger partial charge in [-0.25, -0.2) is 4.21 Å². The lowest BCUT2D eigenvalue weighted by Gasteiger charge is -2.09. The average Bonchev–Trinajstić information content (AvgIpc) is 2.23. The van der Waals surface area contributed by atoms with Gasteiger partial charge in [0.05, 0.1) is 0 Å². The molecule has 8 heteroatoms. The highest BCUT2D eigenvalue weighted by Crippen LogP contribution is 2.22. The molecule has 0 aliphatic carbocycles. The van der Waals surface area contributed by atoms with Crippen LogP contribution in [0.25, 0.3) is 0 Å². The van der Waals surface area contributed by atoms with Crippen LogP contribution in [0.3, 0.4) is 0 Å². The van der Waals surface area contributed by atoms with Crippen LogP contribution in [0.15, 0.2) is 35.5 Å². The standard InChI is InChI=1S/C9H8F3NO3S/c10-9(11,12)8(13-16-6-17(14)15)7-4-2-1-3-5-7/h1-5H,6H2,(H,14,15). The lowest BCUT2D eigenvalue weighted by atomic mass is 10.1. The number of benzene rings is 1. The van der Waals surface area contributed by atoms with Gasteiger partial charge in [0.25, 0.3) is 0 Å². The van der Waals surface area contributed by atoms with E-state index in [0.717, 1.165) is 0 Å². The summed E-state index contributed by atoms with van der Waals surface area (Å²) in [6.07, 6.45) is -4.70. The normalized spacial score (nSPS) is 14.5. The predicted octanol–water partition coefficient (Wildman–Crippen LogP) is 2.15. The molecule has 0 bridgehead atoms. The van der Waals surface area contributed by atoms with Crippen molar-refractivity contribution in [3.05, 3.63) is 35.9 Å². The van der Waals surface area contributed by atoms with Gasteiger partial charge in [0.1, 0.15) is 0 Å². The highest BCUT2D eigenvalue weighted by molar-refractivity contribution is 7.79. The molecule has 0 aliphatic heterocycles. The Labute approximate surface area is 97.4 Å². The number of hydrogen-bond donors (Lipinski definition) is 1. The third-order valence-electron chi connectivity index (χ3n) is 1.63. The largest absolute Gasteiger partial charge is 0.437 e. The summed E-state index contributed by atoms with van der Waals surface area (Å²) in [7, 11) is 0. The summed E-state index contributed by atoms with van der Waals surface area (Å²) in [4.78, 5) is 4.16. The Bertz CT molecular complexity index is 419. The van der Waals surface area contributed by atoms with Gasteiger partial charge in [-0.3, -0.25) is 0 Å². The molecule has 17 heavy (non-hydrogen) atoms. The van der Waals surface area contributed by atoms with Crippen LogP contribution < -0.4 is 0 Å². The highest BCUT2D eigenvalue weighted by Gasteiger charge is 2.37. The molecule has 0 saturated carbocycles. The fraction of sp³-hybridized carbons (Fsp3) is 0.222. The van der Waals surface area contributed by atoms with Crippen molar-refractivity contribution in [2.45, 2.75) is 6.18 Å². The zero-order chi connectivity index (χ0) is 12.9. The molecule has 0 aromatic heterocycles. The van der Waals surface area contributed by atoms with Gasteiger partial charge in [0.2, 0.25) is 5.94 Å². The van der Waals surface area contributed by atoms with Gasteiger partial charge in [-0.05, 0) is 0 Å². The second kappa shape index (κ2) is 5.78. The first-order chi connectivity index (χ1) is 7.91. The summed E-state index contributed by atoms with van der Waals surface area (Å²) in [6.45, 7) is 0. The van der Waals surface area contributed by atoms with Gasteiger partial charge < -0.3 is 9.39 Å². The Morgan fingerprint density at radius 3 is 2.41 bits per heavy atom. The first kappa shape index (κ1) is 13.7. The third-order valence-corrected chi connectivity index (χ3v) is 1.93. The predicted molar refractivity (Wildman–Crippen MR) is 55.8 cm³/mol. The summed E-state index contributed by atoms with van der Waals surface area (Å²) >= 11 is -2.36. The van der Waals surface area contributed by atoms with Crippen LogP contribution in [-0.4, -0.2) is 26.6 Å². The van der Waals surface area contributed by atoms with E-state index in [1.807, 2.05) is 0 Å². The van der Waals surface area contributed by atoms with E-state index >= 15 is 0 Å². The van der Waals surface area contributed by atoms with Crippen molar-refractivity contribution < 1.29 is 26.8 Å². The quantitative estimate of drug-likeness (QED) is 0.516. The van der Waals surface area contributed by atoms with Gasteiger partial charge >= 0.3 is 6.18 Å². The molecule has 0 spiro atoms. The summed E-state index contributed by atoms with van der Waals surface area (Å²) in [5.41, 5.74) is -1.42. The fourth-order valence-corrected chi connectivity index (χ4v) is 1.14. The Morgan fingerprint density at radius 1 is 1.35 bits per heavy atom. The third kappa shape index (κ3) is 4.53. The monoisotopic (exact) mass is 267 g/mol. The molecule has 1 rings (SSSR count). The van der Waals surface area contributed by atoms with Crippen molar-refractivity contribution >= 4 is 16.8 Å². The number of alkyl halides is 3. The van der Waals surface area contributed by atoms with Crippen molar-refractivity contribution in [2.75, 3.05) is 5.94 Å². The van der Waals surface area contributed by atoms with Crippen molar-refractivity contribution in [2.24, 2.45) is 5.16 Å². The Hall–Kier alpha value is -1.41. The first-order valence-corrected chi connectivity index (χ1v) is 5.59. The van der Waals surface area contributed by atoms with Crippen LogP contribution in [0.2, 0.25) is 0 Å². The minimum Gasteiger partial charge on any atom is -0.379 e. The number of oxime groups is 1. The second-order valence-electron chi connectivity index (χ2n) is 2.87. The van der Waals surface area contributed by atoms with Crippen molar-refractivity contribution in [3.63, 3.8) is 0 Å². The van der Waals surface area contributed by atoms with Gasteiger partial charge in [-0.2, -0.15) is 13.2 Å². The molecule has 1 N–H and O–H groups in total. The van der Waals surface area contributed by atoms with Crippen LogP contribution >= 0.6 is 0 Å². The zero-order valence-corrected chi connectivity index (χ0v) is 9.16. The van der Waals surface area contributed by atoms with Crippen LogP contribution in [0.1, 0.15) is 5.56 Å². The SMILES string of the molecule is O=S(O)CON=C(c1ccccc1)C(F)(F)F. The molecular formula is C9H8F3NO3S. The van der Waals surface area contributed by atoms with E-state index in [1.165, 1.54) is 24.3 Å². The van der Waals surface area contributed by atoms with E-state index in [2.05, 4.69) is 9.99 Å². The van der Waals surface area contributed by atoms with Crippen molar-refractivity contribution in [3.8, 4) is 0 Å². The molecule has 0 saturated heterocycles.